The summed E-state index contributed by atoms with van der Waals surface area (Å²) < 4.78 is 4.39. The highest BCUT2D eigenvalue weighted by Crippen LogP contribution is 2.40. The summed E-state index contributed by atoms with van der Waals surface area (Å²) in [6.45, 7) is 4.55. The molecule has 0 aliphatic heterocycles. The van der Waals surface area contributed by atoms with Crippen LogP contribution in [0, 0.1) is 0 Å². The minimum Gasteiger partial charge on any atom is -0.507 e. The van der Waals surface area contributed by atoms with Crippen LogP contribution in [-0.2, 0) is 10.1 Å². The van der Waals surface area contributed by atoms with Crippen molar-refractivity contribution >= 4 is 45.1 Å². The van der Waals surface area contributed by atoms with Crippen molar-refractivity contribution in [3.05, 3.63) is 64.8 Å². The number of phenolic OH excluding ortho intramolecular Hbond substituents is 1. The monoisotopic (exact) mass is 511 g/mol. The van der Waals surface area contributed by atoms with Gasteiger partial charge in [-0.15, -0.1) is 0 Å². The van der Waals surface area contributed by atoms with E-state index in [1.807, 2.05) is 50.2 Å². The highest BCUT2D eigenvalue weighted by molar-refractivity contribution is 14.1. The summed E-state index contributed by atoms with van der Waals surface area (Å²) in [5, 5.41) is 15.3. The fraction of sp³-hybridized carbons (Fsp3) is 0.286. The first-order valence-corrected chi connectivity index (χ1v) is 10.2. The fourth-order valence-corrected chi connectivity index (χ4v) is 3.87. The van der Waals surface area contributed by atoms with Gasteiger partial charge in [-0.2, -0.15) is 0 Å². The molecule has 0 radical (unpaired) electrons. The first-order chi connectivity index (χ1) is 13.2. The van der Waals surface area contributed by atoms with Gasteiger partial charge in [0.05, 0.1) is 12.6 Å². The van der Waals surface area contributed by atoms with Crippen LogP contribution in [0.15, 0.2) is 48.7 Å². The van der Waals surface area contributed by atoms with Crippen LogP contribution in [-0.4, -0.2) is 22.7 Å². The normalized spacial score (nSPS) is 14.1. The Hall–Kier alpha value is -1.61. The highest BCUT2D eigenvalue weighted by atomic mass is 127. The number of fused-ring (bicyclic) bond motifs is 1. The quantitative estimate of drug-likeness (QED) is 0.254. The van der Waals surface area contributed by atoms with Crippen LogP contribution in [0.25, 0.3) is 10.9 Å². The smallest absolute Gasteiger partial charge is 0.123 e. The summed E-state index contributed by atoms with van der Waals surface area (Å²) in [6.07, 6.45) is 1.75. The Kier molecular flexibility index (Phi) is 6.05. The van der Waals surface area contributed by atoms with E-state index in [9.17, 15) is 5.11 Å². The molecule has 3 rings (SSSR count). The molecule has 0 spiro atoms. The largest absolute Gasteiger partial charge is 0.507 e. The van der Waals surface area contributed by atoms with Crippen molar-refractivity contribution in [3.8, 4) is 11.5 Å². The molecule has 4 N–H and O–H groups in total. The van der Waals surface area contributed by atoms with Crippen LogP contribution in [0.4, 0.5) is 0 Å². The predicted molar refractivity (Wildman–Crippen MR) is 122 cm³/mol. The molecule has 0 aliphatic rings. The number of nitrogens with two attached hydrogens (primary N) is 1. The summed E-state index contributed by atoms with van der Waals surface area (Å²) >= 11 is 8.39. The SMILES string of the molecule is COc1ccc(CNC(C)(C)C(N)(I)c2ccnc3cc(Cl)ccc23)c(O)c1. The van der Waals surface area contributed by atoms with Gasteiger partial charge in [0.15, 0.2) is 0 Å². The maximum Gasteiger partial charge on any atom is 0.123 e. The van der Waals surface area contributed by atoms with E-state index in [0.717, 1.165) is 22.0 Å². The molecular formula is C21H23ClIN3O2. The Morgan fingerprint density at radius 3 is 2.64 bits per heavy atom. The number of nitrogens with one attached hydrogen (secondary N) is 1. The van der Waals surface area contributed by atoms with Crippen LogP contribution >= 0.6 is 34.2 Å². The van der Waals surface area contributed by atoms with Gasteiger partial charge in [0.1, 0.15) is 15.0 Å². The number of halogens is 2. The van der Waals surface area contributed by atoms with Crippen molar-refractivity contribution < 1.29 is 9.84 Å². The number of aromatic hydroxyl groups is 1. The number of hydrogen-bond donors (Lipinski definition) is 3. The molecule has 1 heterocycles. The average Bonchev–Trinajstić information content (AvgIpc) is 2.66. The standard InChI is InChI=1S/C21H23ClIN3O2/c1-20(2,26-12-13-4-6-15(28-3)11-19(13)27)21(23,24)17-8-9-25-18-10-14(22)5-7-16(17)18/h4-11,26-27H,12,24H2,1-3H3. The van der Waals surface area contributed by atoms with Gasteiger partial charge in [-0.3, -0.25) is 4.98 Å². The average molecular weight is 512 g/mol. The Bertz CT molecular complexity index is 1010. The van der Waals surface area contributed by atoms with Gasteiger partial charge in [0.2, 0.25) is 0 Å². The van der Waals surface area contributed by atoms with E-state index >= 15 is 0 Å². The molecular weight excluding hydrogens is 489 g/mol. The van der Waals surface area contributed by atoms with Crippen molar-refractivity contribution in [1.29, 1.82) is 0 Å². The predicted octanol–water partition coefficient (Wildman–Crippen LogP) is 4.72. The van der Waals surface area contributed by atoms with E-state index < -0.39 is 9.08 Å². The zero-order chi connectivity index (χ0) is 20.5. The van der Waals surface area contributed by atoms with Crippen molar-refractivity contribution in [2.24, 2.45) is 5.73 Å². The maximum atomic E-state index is 10.2. The summed E-state index contributed by atoms with van der Waals surface area (Å²) in [4.78, 5) is 4.41. The zero-order valence-electron chi connectivity index (χ0n) is 16.0. The molecule has 5 nitrogen and oxygen atoms in total. The lowest BCUT2D eigenvalue weighted by atomic mass is 9.87. The molecule has 1 aromatic heterocycles. The molecule has 0 fully saturated rings. The van der Waals surface area contributed by atoms with Gasteiger partial charge in [0.25, 0.3) is 0 Å². The summed E-state index contributed by atoms with van der Waals surface area (Å²) in [5.74, 6) is 0.798. The first kappa shape index (κ1) is 21.1. The number of methoxy groups -OCH3 is 1. The number of hydrogen-bond acceptors (Lipinski definition) is 5. The summed E-state index contributed by atoms with van der Waals surface area (Å²) in [6, 6.07) is 12.8. The zero-order valence-corrected chi connectivity index (χ0v) is 18.9. The molecule has 148 valence electrons. The molecule has 0 saturated heterocycles. The molecule has 0 aliphatic carbocycles. The van der Waals surface area contributed by atoms with Crippen molar-refractivity contribution in [3.63, 3.8) is 0 Å². The van der Waals surface area contributed by atoms with Crippen LogP contribution in [0.2, 0.25) is 5.02 Å². The van der Waals surface area contributed by atoms with Crippen LogP contribution in [0.3, 0.4) is 0 Å². The second kappa shape index (κ2) is 8.02. The summed E-state index contributed by atoms with van der Waals surface area (Å²) in [5.41, 5.74) is 8.88. The van der Waals surface area contributed by atoms with Gasteiger partial charge in [-0.25, -0.2) is 0 Å². The van der Waals surface area contributed by atoms with Gasteiger partial charge in [0, 0.05) is 40.3 Å². The van der Waals surface area contributed by atoms with Crippen LogP contribution in [0.5, 0.6) is 11.5 Å². The molecule has 2 aromatic carbocycles. The summed E-state index contributed by atoms with van der Waals surface area (Å²) in [7, 11) is 1.57. The van der Waals surface area contributed by atoms with Crippen molar-refractivity contribution in [1.82, 2.24) is 10.3 Å². The Balaban J connectivity index is 1.90. The molecule has 7 heteroatoms. The number of alkyl halides is 1. The minimum absolute atomic E-state index is 0.183. The molecule has 0 bridgehead atoms. The third-order valence-electron chi connectivity index (χ3n) is 5.02. The second-order valence-corrected chi connectivity index (χ2v) is 9.34. The van der Waals surface area contributed by atoms with E-state index in [2.05, 4.69) is 32.9 Å². The lowest BCUT2D eigenvalue weighted by Gasteiger charge is -2.41. The molecule has 0 amide bonds. The lowest BCUT2D eigenvalue weighted by Crippen LogP contribution is -2.58. The topological polar surface area (TPSA) is 80.4 Å². The number of ether oxygens (including phenoxy) is 1. The van der Waals surface area contributed by atoms with Gasteiger partial charge >= 0.3 is 0 Å². The minimum atomic E-state index is -0.748. The van der Waals surface area contributed by atoms with Gasteiger partial charge in [-0.05, 0) is 43.7 Å². The molecule has 0 saturated carbocycles. The molecule has 1 atom stereocenters. The number of nitrogens with zero attached hydrogens (tertiary/aromatic N) is 1. The van der Waals surface area contributed by atoms with Gasteiger partial charge < -0.3 is 20.9 Å². The molecule has 28 heavy (non-hydrogen) atoms. The molecule has 1 unspecified atom stereocenters. The van der Waals surface area contributed by atoms with Gasteiger partial charge in [-0.1, -0.05) is 46.3 Å². The van der Waals surface area contributed by atoms with E-state index in [1.54, 1.807) is 19.4 Å². The highest BCUT2D eigenvalue weighted by Gasteiger charge is 2.42. The van der Waals surface area contributed by atoms with E-state index in [0.29, 0.717) is 17.3 Å². The second-order valence-electron chi connectivity index (χ2n) is 7.20. The van der Waals surface area contributed by atoms with Crippen LogP contribution < -0.4 is 15.8 Å². The third-order valence-corrected chi connectivity index (χ3v) is 7.18. The number of benzene rings is 2. The van der Waals surface area contributed by atoms with Crippen molar-refractivity contribution in [2.45, 2.75) is 29.5 Å². The van der Waals surface area contributed by atoms with E-state index in [4.69, 9.17) is 22.1 Å². The Labute approximate surface area is 183 Å². The van der Waals surface area contributed by atoms with Crippen LogP contribution in [0.1, 0.15) is 25.0 Å². The first-order valence-electron chi connectivity index (χ1n) is 8.79. The van der Waals surface area contributed by atoms with E-state index in [-0.39, 0.29) is 5.75 Å². The Morgan fingerprint density at radius 1 is 1.21 bits per heavy atom. The number of aromatic nitrogens is 1. The molecule has 3 aromatic rings. The maximum absolute atomic E-state index is 10.2. The number of pyridine rings is 1. The van der Waals surface area contributed by atoms with Crippen molar-refractivity contribution in [2.75, 3.05) is 7.11 Å². The Morgan fingerprint density at radius 2 is 1.96 bits per heavy atom. The number of rotatable bonds is 6. The van der Waals surface area contributed by atoms with E-state index in [1.165, 1.54) is 0 Å². The lowest BCUT2D eigenvalue weighted by molar-refractivity contribution is 0.305. The number of phenols is 1. The fourth-order valence-electron chi connectivity index (χ4n) is 3.04. The third kappa shape index (κ3) is 4.05.